The van der Waals surface area contributed by atoms with Crippen LogP contribution < -0.4 is 10.1 Å². The average Bonchev–Trinajstić information content (AvgIpc) is 3.14. The zero-order chi connectivity index (χ0) is 21.7. The highest BCUT2D eigenvalue weighted by molar-refractivity contribution is 7.99. The van der Waals surface area contributed by atoms with Crippen molar-refractivity contribution in [1.82, 2.24) is 14.8 Å². The number of anilines is 1. The van der Waals surface area contributed by atoms with Gasteiger partial charge in [-0.2, -0.15) is 0 Å². The second-order valence-corrected chi connectivity index (χ2v) is 8.35. The first-order valence-electron chi connectivity index (χ1n) is 9.11. The van der Waals surface area contributed by atoms with Crippen LogP contribution in [0.15, 0.2) is 47.6 Å². The van der Waals surface area contributed by atoms with Crippen molar-refractivity contribution >= 4 is 58.2 Å². The molecule has 0 fully saturated rings. The van der Waals surface area contributed by atoms with E-state index in [0.29, 0.717) is 44.0 Å². The first kappa shape index (κ1) is 22.7. The SMILES string of the molecule is CCn1c(SCC(=O)Nc2cccc(Cl)c2Cl)nnc1[C@@H](C)Oc1ccccc1Cl. The normalized spacial score (nSPS) is 11.9. The van der Waals surface area contributed by atoms with E-state index in [1.54, 1.807) is 30.3 Å². The molecule has 3 aromatic rings. The third-order valence-electron chi connectivity index (χ3n) is 4.12. The first-order valence-corrected chi connectivity index (χ1v) is 11.2. The van der Waals surface area contributed by atoms with E-state index in [1.165, 1.54) is 11.8 Å². The Morgan fingerprint density at radius 1 is 1.13 bits per heavy atom. The average molecular weight is 486 g/mol. The molecule has 0 spiro atoms. The molecule has 1 heterocycles. The Morgan fingerprint density at radius 3 is 2.60 bits per heavy atom. The minimum atomic E-state index is -0.370. The minimum Gasteiger partial charge on any atom is -0.481 e. The number of rotatable bonds is 8. The Kier molecular flexibility index (Phi) is 7.88. The van der Waals surface area contributed by atoms with Gasteiger partial charge in [-0.05, 0) is 38.1 Å². The van der Waals surface area contributed by atoms with Crippen molar-refractivity contribution in [2.75, 3.05) is 11.1 Å². The highest BCUT2D eigenvalue weighted by atomic mass is 35.5. The number of halogens is 3. The van der Waals surface area contributed by atoms with Gasteiger partial charge in [-0.25, -0.2) is 0 Å². The summed E-state index contributed by atoms with van der Waals surface area (Å²) in [5.74, 6) is 1.14. The van der Waals surface area contributed by atoms with Gasteiger partial charge in [-0.3, -0.25) is 4.79 Å². The smallest absolute Gasteiger partial charge is 0.234 e. The lowest BCUT2D eigenvalue weighted by atomic mass is 10.3. The first-order chi connectivity index (χ1) is 14.4. The summed E-state index contributed by atoms with van der Waals surface area (Å²) in [6.07, 6.45) is -0.370. The monoisotopic (exact) mass is 484 g/mol. The lowest BCUT2D eigenvalue weighted by Crippen LogP contribution is -2.15. The second kappa shape index (κ2) is 10.4. The van der Waals surface area contributed by atoms with Crippen molar-refractivity contribution in [2.24, 2.45) is 0 Å². The van der Waals surface area contributed by atoms with E-state index in [2.05, 4.69) is 15.5 Å². The number of nitrogens with one attached hydrogen (secondary N) is 1. The van der Waals surface area contributed by atoms with Crippen LogP contribution >= 0.6 is 46.6 Å². The largest absolute Gasteiger partial charge is 0.481 e. The maximum Gasteiger partial charge on any atom is 0.234 e. The molecule has 0 unspecified atom stereocenters. The van der Waals surface area contributed by atoms with E-state index in [-0.39, 0.29) is 17.8 Å². The van der Waals surface area contributed by atoms with Gasteiger partial charge in [0, 0.05) is 6.54 Å². The summed E-state index contributed by atoms with van der Waals surface area (Å²) in [6, 6.07) is 12.3. The molecule has 0 radical (unpaired) electrons. The van der Waals surface area contributed by atoms with Gasteiger partial charge in [0.15, 0.2) is 17.1 Å². The maximum atomic E-state index is 12.3. The molecule has 0 aliphatic heterocycles. The fraction of sp³-hybridized carbons (Fsp3) is 0.250. The zero-order valence-corrected chi connectivity index (χ0v) is 19.3. The van der Waals surface area contributed by atoms with Crippen molar-refractivity contribution in [3.63, 3.8) is 0 Å². The fourth-order valence-electron chi connectivity index (χ4n) is 2.70. The number of hydrogen-bond donors (Lipinski definition) is 1. The summed E-state index contributed by atoms with van der Waals surface area (Å²) in [5.41, 5.74) is 0.467. The standard InChI is InChI=1S/C20H19Cl3N4O2S/c1-3-27-19(12(2)29-16-10-5-4-7-13(16)21)25-26-20(27)30-11-17(28)24-15-9-6-8-14(22)18(15)23/h4-10,12H,3,11H2,1-2H3,(H,24,28)/t12-/m1/s1. The molecule has 0 bridgehead atoms. The van der Waals surface area contributed by atoms with Crippen LogP contribution in [0.2, 0.25) is 15.1 Å². The number of thioether (sulfide) groups is 1. The molecule has 0 aliphatic carbocycles. The minimum absolute atomic E-state index is 0.140. The quantitative estimate of drug-likeness (QED) is 0.389. The molecule has 1 N–H and O–H groups in total. The molecule has 30 heavy (non-hydrogen) atoms. The lowest BCUT2D eigenvalue weighted by Gasteiger charge is -2.16. The Balaban J connectivity index is 1.66. The third kappa shape index (κ3) is 5.40. The van der Waals surface area contributed by atoms with Gasteiger partial charge in [-0.1, -0.05) is 64.8 Å². The van der Waals surface area contributed by atoms with Crippen LogP contribution in [0.3, 0.4) is 0 Å². The molecule has 0 aliphatic rings. The predicted molar refractivity (Wildman–Crippen MR) is 122 cm³/mol. The molecule has 1 atom stereocenters. The number of nitrogens with zero attached hydrogens (tertiary/aromatic N) is 3. The summed E-state index contributed by atoms with van der Waals surface area (Å²) in [5, 5.41) is 13.1. The van der Waals surface area contributed by atoms with Gasteiger partial charge < -0.3 is 14.6 Å². The number of aromatic nitrogens is 3. The number of carbonyl (C=O) groups excluding carboxylic acids is 1. The van der Waals surface area contributed by atoms with Crippen LogP contribution in [0.1, 0.15) is 25.8 Å². The molecule has 0 saturated heterocycles. The van der Waals surface area contributed by atoms with Gasteiger partial charge in [-0.15, -0.1) is 10.2 Å². The van der Waals surface area contributed by atoms with Crippen molar-refractivity contribution < 1.29 is 9.53 Å². The number of ether oxygens (including phenoxy) is 1. The Bertz CT molecular complexity index is 1040. The van der Waals surface area contributed by atoms with E-state index in [4.69, 9.17) is 39.5 Å². The molecule has 2 aromatic carbocycles. The second-order valence-electron chi connectivity index (χ2n) is 6.21. The maximum absolute atomic E-state index is 12.3. The Labute approximate surface area is 193 Å². The summed E-state index contributed by atoms with van der Waals surface area (Å²) in [6.45, 7) is 4.48. The van der Waals surface area contributed by atoms with Crippen LogP contribution in [0.4, 0.5) is 5.69 Å². The lowest BCUT2D eigenvalue weighted by molar-refractivity contribution is -0.113. The molecule has 3 rings (SSSR count). The molecular weight excluding hydrogens is 467 g/mol. The van der Waals surface area contributed by atoms with E-state index in [1.807, 2.05) is 30.5 Å². The molecule has 1 amide bonds. The summed E-state index contributed by atoms with van der Waals surface area (Å²) >= 11 is 19.5. The molecule has 158 valence electrons. The van der Waals surface area contributed by atoms with Crippen molar-refractivity contribution in [2.45, 2.75) is 31.7 Å². The van der Waals surface area contributed by atoms with Gasteiger partial charge in [0.1, 0.15) is 5.75 Å². The Hall–Kier alpha value is -1.93. The number of para-hydroxylation sites is 1. The van der Waals surface area contributed by atoms with Gasteiger partial charge in [0.25, 0.3) is 0 Å². The number of carbonyl (C=O) groups is 1. The molecule has 1 aromatic heterocycles. The van der Waals surface area contributed by atoms with Crippen LogP contribution in [0, 0.1) is 0 Å². The van der Waals surface area contributed by atoms with Gasteiger partial charge >= 0.3 is 0 Å². The van der Waals surface area contributed by atoms with E-state index in [0.717, 1.165) is 0 Å². The molecule has 10 heteroatoms. The third-order valence-corrected chi connectivity index (χ3v) is 6.22. The van der Waals surface area contributed by atoms with Gasteiger partial charge in [0.05, 0.1) is 26.5 Å². The highest BCUT2D eigenvalue weighted by Gasteiger charge is 2.20. The van der Waals surface area contributed by atoms with Crippen molar-refractivity contribution in [3.05, 3.63) is 63.4 Å². The van der Waals surface area contributed by atoms with Crippen LogP contribution in [-0.4, -0.2) is 26.4 Å². The van der Waals surface area contributed by atoms with Crippen LogP contribution in [-0.2, 0) is 11.3 Å². The van der Waals surface area contributed by atoms with Crippen LogP contribution in [0.25, 0.3) is 0 Å². The van der Waals surface area contributed by atoms with Crippen molar-refractivity contribution in [3.8, 4) is 5.75 Å². The molecular formula is C20H19Cl3N4O2S. The topological polar surface area (TPSA) is 69.0 Å². The zero-order valence-electron chi connectivity index (χ0n) is 16.2. The summed E-state index contributed by atoms with van der Waals surface area (Å²) in [7, 11) is 0. The van der Waals surface area contributed by atoms with Crippen molar-refractivity contribution in [1.29, 1.82) is 0 Å². The predicted octanol–water partition coefficient (Wildman–Crippen LogP) is 6.13. The van der Waals surface area contributed by atoms with E-state index >= 15 is 0 Å². The summed E-state index contributed by atoms with van der Waals surface area (Å²) in [4.78, 5) is 12.3. The summed E-state index contributed by atoms with van der Waals surface area (Å²) < 4.78 is 7.85. The highest BCUT2D eigenvalue weighted by Crippen LogP contribution is 2.31. The van der Waals surface area contributed by atoms with E-state index in [9.17, 15) is 4.79 Å². The van der Waals surface area contributed by atoms with Gasteiger partial charge in [0.2, 0.25) is 5.91 Å². The number of hydrogen-bond acceptors (Lipinski definition) is 5. The fourth-order valence-corrected chi connectivity index (χ4v) is 4.04. The Morgan fingerprint density at radius 2 is 1.87 bits per heavy atom. The van der Waals surface area contributed by atoms with E-state index < -0.39 is 0 Å². The number of benzene rings is 2. The van der Waals surface area contributed by atoms with Crippen LogP contribution in [0.5, 0.6) is 5.75 Å². The molecule has 6 nitrogen and oxygen atoms in total. The number of amides is 1. The molecule has 0 saturated carbocycles.